The van der Waals surface area contributed by atoms with Crippen LogP contribution in [0.3, 0.4) is 0 Å². The zero-order chi connectivity index (χ0) is 19.8. The van der Waals surface area contributed by atoms with Crippen LogP contribution in [0.4, 0.5) is 9.39 Å². The highest BCUT2D eigenvalue weighted by Crippen LogP contribution is 2.44. The molecule has 2 aromatic rings. The molecule has 6 heteroatoms. The Morgan fingerprint density at radius 1 is 1.30 bits per heavy atom. The van der Waals surface area contributed by atoms with Gasteiger partial charge in [-0.05, 0) is 54.4 Å². The van der Waals surface area contributed by atoms with Gasteiger partial charge in [0, 0.05) is 10.4 Å². The summed E-state index contributed by atoms with van der Waals surface area (Å²) in [7, 11) is 1.34. The van der Waals surface area contributed by atoms with E-state index in [1.54, 1.807) is 6.07 Å². The summed E-state index contributed by atoms with van der Waals surface area (Å²) in [5.74, 6) is -0.850. The van der Waals surface area contributed by atoms with E-state index in [2.05, 4.69) is 26.1 Å². The molecule has 27 heavy (non-hydrogen) atoms. The third kappa shape index (κ3) is 4.05. The maximum atomic E-state index is 13.4. The zero-order valence-corrected chi connectivity index (χ0v) is 16.8. The predicted octanol–water partition coefficient (Wildman–Crippen LogP) is 5.08. The van der Waals surface area contributed by atoms with Crippen LogP contribution >= 0.6 is 11.3 Å². The van der Waals surface area contributed by atoms with Gasteiger partial charge in [0.15, 0.2) is 0 Å². The van der Waals surface area contributed by atoms with Crippen molar-refractivity contribution in [3.63, 3.8) is 0 Å². The molecule has 1 amide bonds. The van der Waals surface area contributed by atoms with Crippen molar-refractivity contribution in [2.24, 2.45) is 11.3 Å². The highest BCUT2D eigenvalue weighted by atomic mass is 32.1. The maximum Gasteiger partial charge on any atom is 0.341 e. The van der Waals surface area contributed by atoms with Gasteiger partial charge in [-0.25, -0.2) is 9.18 Å². The van der Waals surface area contributed by atoms with E-state index in [1.165, 1.54) is 36.6 Å². The molecule has 1 aliphatic carbocycles. The molecule has 0 fully saturated rings. The Labute approximate surface area is 162 Å². The second-order valence-corrected chi connectivity index (χ2v) is 9.07. The molecular weight excluding hydrogens is 365 g/mol. The van der Waals surface area contributed by atoms with E-state index in [0.29, 0.717) is 16.5 Å². The number of hydrogen-bond acceptors (Lipinski definition) is 4. The summed E-state index contributed by atoms with van der Waals surface area (Å²) in [5.41, 5.74) is 1.80. The molecule has 1 aliphatic rings. The smallest absolute Gasteiger partial charge is 0.341 e. The predicted molar refractivity (Wildman–Crippen MR) is 105 cm³/mol. The molecule has 1 aromatic carbocycles. The second-order valence-electron chi connectivity index (χ2n) is 7.97. The molecule has 1 unspecified atom stereocenters. The van der Waals surface area contributed by atoms with Gasteiger partial charge in [0.05, 0.1) is 12.7 Å². The lowest BCUT2D eigenvalue weighted by Gasteiger charge is -2.33. The number of rotatable bonds is 3. The molecule has 3 rings (SSSR count). The first-order chi connectivity index (χ1) is 12.7. The van der Waals surface area contributed by atoms with Crippen molar-refractivity contribution in [3.05, 3.63) is 51.7 Å². The van der Waals surface area contributed by atoms with Crippen LogP contribution in [0.5, 0.6) is 0 Å². The van der Waals surface area contributed by atoms with Gasteiger partial charge in [-0.2, -0.15) is 0 Å². The Morgan fingerprint density at radius 2 is 2.04 bits per heavy atom. The Morgan fingerprint density at radius 3 is 2.67 bits per heavy atom. The molecule has 0 saturated carbocycles. The minimum Gasteiger partial charge on any atom is -0.465 e. The highest BCUT2D eigenvalue weighted by molar-refractivity contribution is 7.17. The van der Waals surface area contributed by atoms with Gasteiger partial charge in [0.1, 0.15) is 10.8 Å². The Kier molecular flexibility index (Phi) is 5.38. The number of esters is 1. The van der Waals surface area contributed by atoms with Crippen molar-refractivity contribution in [2.75, 3.05) is 12.4 Å². The number of nitrogens with one attached hydrogen (secondary N) is 1. The molecule has 0 radical (unpaired) electrons. The molecule has 0 spiro atoms. The molecule has 0 aliphatic heterocycles. The normalized spacial score (nSPS) is 16.6. The molecule has 0 bridgehead atoms. The van der Waals surface area contributed by atoms with E-state index in [4.69, 9.17) is 4.74 Å². The molecule has 1 aromatic heterocycles. The molecular formula is C21H24FNO3S. The topological polar surface area (TPSA) is 55.4 Å². The minimum absolute atomic E-state index is 0.179. The van der Waals surface area contributed by atoms with Crippen LogP contribution in [0.2, 0.25) is 0 Å². The third-order valence-electron chi connectivity index (χ3n) is 5.19. The highest BCUT2D eigenvalue weighted by Gasteiger charge is 2.34. The summed E-state index contributed by atoms with van der Waals surface area (Å²) < 4.78 is 18.4. The lowest BCUT2D eigenvalue weighted by molar-refractivity contribution is 0.0600. The van der Waals surface area contributed by atoms with Crippen LogP contribution in [0, 0.1) is 17.2 Å². The number of carbonyl (C=O) groups excluding carboxylic acids is 2. The van der Waals surface area contributed by atoms with E-state index in [-0.39, 0.29) is 11.0 Å². The average Bonchev–Trinajstić information content (AvgIpc) is 2.97. The van der Waals surface area contributed by atoms with Crippen molar-refractivity contribution in [3.8, 4) is 0 Å². The van der Waals surface area contributed by atoms with Crippen LogP contribution in [0.1, 0.15) is 58.3 Å². The lowest BCUT2D eigenvalue weighted by atomic mass is 9.72. The molecule has 1 heterocycles. The summed E-state index contributed by atoms with van der Waals surface area (Å²) in [5, 5.41) is 3.27. The molecule has 144 valence electrons. The molecule has 0 saturated heterocycles. The van der Waals surface area contributed by atoms with E-state index in [0.717, 1.165) is 29.7 Å². The molecule has 1 N–H and O–H groups in total. The van der Waals surface area contributed by atoms with Crippen LogP contribution in [0.25, 0.3) is 0 Å². The summed E-state index contributed by atoms with van der Waals surface area (Å²) >= 11 is 1.43. The van der Waals surface area contributed by atoms with Crippen LogP contribution < -0.4 is 5.32 Å². The Hall–Kier alpha value is -2.21. The first kappa shape index (κ1) is 19.5. The van der Waals surface area contributed by atoms with E-state index in [9.17, 15) is 14.0 Å². The first-order valence-electron chi connectivity index (χ1n) is 9.00. The maximum absolute atomic E-state index is 13.4. The first-order valence-corrected chi connectivity index (χ1v) is 9.82. The number of thiophene rings is 1. The summed E-state index contributed by atoms with van der Waals surface area (Å²) in [4.78, 5) is 26.1. The average molecular weight is 389 g/mol. The number of ether oxygens (including phenoxy) is 1. The molecule has 1 atom stereocenters. The summed E-state index contributed by atoms with van der Waals surface area (Å²) in [6.07, 6.45) is 2.66. The van der Waals surface area contributed by atoms with E-state index < -0.39 is 17.7 Å². The van der Waals surface area contributed by atoms with Gasteiger partial charge >= 0.3 is 5.97 Å². The number of halogens is 1. The van der Waals surface area contributed by atoms with Crippen molar-refractivity contribution in [1.29, 1.82) is 0 Å². The van der Waals surface area contributed by atoms with Crippen molar-refractivity contribution >= 4 is 28.2 Å². The molecule has 4 nitrogen and oxygen atoms in total. The van der Waals surface area contributed by atoms with Gasteiger partial charge in [0.2, 0.25) is 0 Å². The SMILES string of the molecule is COC(=O)c1c(NC(=O)c2cccc(F)c2)sc2c1CCC(C(C)(C)C)C2. The van der Waals surface area contributed by atoms with E-state index in [1.807, 2.05) is 0 Å². The van der Waals surface area contributed by atoms with Gasteiger partial charge in [-0.1, -0.05) is 26.8 Å². The van der Waals surface area contributed by atoms with Crippen molar-refractivity contribution in [1.82, 2.24) is 0 Å². The zero-order valence-electron chi connectivity index (χ0n) is 16.0. The third-order valence-corrected chi connectivity index (χ3v) is 6.36. The van der Waals surface area contributed by atoms with Crippen LogP contribution in [-0.4, -0.2) is 19.0 Å². The van der Waals surface area contributed by atoms with Gasteiger partial charge in [-0.15, -0.1) is 11.3 Å². The standard InChI is InChI=1S/C21H24FNO3S/c1-21(2,3)13-8-9-15-16(11-13)27-19(17(15)20(25)26-4)23-18(24)12-6-5-7-14(22)10-12/h5-7,10,13H,8-9,11H2,1-4H3,(H,23,24). The number of anilines is 1. The van der Waals surface area contributed by atoms with Gasteiger partial charge < -0.3 is 10.1 Å². The lowest BCUT2D eigenvalue weighted by Crippen LogP contribution is -2.26. The number of benzene rings is 1. The fraction of sp³-hybridized carbons (Fsp3) is 0.429. The van der Waals surface area contributed by atoms with Crippen LogP contribution in [0.15, 0.2) is 24.3 Å². The number of carbonyl (C=O) groups is 2. The van der Waals surface area contributed by atoms with E-state index >= 15 is 0 Å². The Balaban J connectivity index is 1.94. The fourth-order valence-corrected chi connectivity index (χ4v) is 4.85. The van der Waals surface area contributed by atoms with Gasteiger partial charge in [0.25, 0.3) is 5.91 Å². The van der Waals surface area contributed by atoms with Crippen LogP contribution in [-0.2, 0) is 17.6 Å². The number of methoxy groups -OCH3 is 1. The monoisotopic (exact) mass is 389 g/mol. The van der Waals surface area contributed by atoms with Gasteiger partial charge in [-0.3, -0.25) is 4.79 Å². The number of amides is 1. The quantitative estimate of drug-likeness (QED) is 0.745. The largest absolute Gasteiger partial charge is 0.465 e. The fourth-order valence-electron chi connectivity index (χ4n) is 3.54. The summed E-state index contributed by atoms with van der Waals surface area (Å²) in [6.45, 7) is 6.68. The number of hydrogen-bond donors (Lipinski definition) is 1. The van der Waals surface area contributed by atoms with Crippen molar-refractivity contribution < 1.29 is 18.7 Å². The van der Waals surface area contributed by atoms with Crippen molar-refractivity contribution in [2.45, 2.75) is 40.0 Å². The number of fused-ring (bicyclic) bond motifs is 1. The second kappa shape index (κ2) is 7.43. The minimum atomic E-state index is -0.477. The Bertz CT molecular complexity index is 882. The summed E-state index contributed by atoms with van der Waals surface area (Å²) in [6, 6.07) is 5.49.